The second kappa shape index (κ2) is 5.61. The van der Waals surface area contributed by atoms with Crippen LogP contribution in [0.2, 0.25) is 0 Å². The molecule has 0 unspecified atom stereocenters. The fourth-order valence-corrected chi connectivity index (χ4v) is 1.33. The van der Waals surface area contributed by atoms with Crippen molar-refractivity contribution in [1.82, 2.24) is 9.80 Å². The predicted octanol–water partition coefficient (Wildman–Crippen LogP) is 1.35. The molecule has 3 nitrogen and oxygen atoms in total. The van der Waals surface area contributed by atoms with Gasteiger partial charge < -0.3 is 4.90 Å². The largest absolute Gasteiger partial charge is 0.348 e. The first-order chi connectivity index (χ1) is 7.49. The van der Waals surface area contributed by atoms with Crippen LogP contribution >= 0.6 is 0 Å². The molecular weight excluding hydrogens is 207 g/mol. The summed E-state index contributed by atoms with van der Waals surface area (Å²) in [5.41, 5.74) is 0.996. The highest BCUT2D eigenvalue weighted by atomic mass is 19.1. The van der Waals surface area contributed by atoms with Crippen molar-refractivity contribution in [3.63, 3.8) is 0 Å². The van der Waals surface area contributed by atoms with Crippen LogP contribution < -0.4 is 0 Å². The van der Waals surface area contributed by atoms with E-state index in [0.29, 0.717) is 13.1 Å². The van der Waals surface area contributed by atoms with Gasteiger partial charge in [0.05, 0.1) is 6.54 Å². The van der Waals surface area contributed by atoms with Crippen molar-refractivity contribution >= 4 is 5.91 Å². The van der Waals surface area contributed by atoms with Gasteiger partial charge in [-0.1, -0.05) is 12.1 Å². The standard InChI is InChI=1S/C12H17FN2O/c1-14(2)12(16)9-15(3)8-10-4-6-11(13)7-5-10/h4-7H,8-9H2,1-3H3. The molecule has 0 atom stereocenters. The van der Waals surface area contributed by atoms with Gasteiger partial charge in [-0.05, 0) is 24.7 Å². The normalized spacial score (nSPS) is 10.6. The summed E-state index contributed by atoms with van der Waals surface area (Å²) in [7, 11) is 5.33. The summed E-state index contributed by atoms with van der Waals surface area (Å²) in [5, 5.41) is 0. The Kier molecular flexibility index (Phi) is 4.43. The number of carbonyl (C=O) groups is 1. The molecule has 4 heteroatoms. The third-order valence-electron chi connectivity index (χ3n) is 2.27. The summed E-state index contributed by atoms with van der Waals surface area (Å²) in [6, 6.07) is 6.31. The molecule has 0 radical (unpaired) electrons. The van der Waals surface area contributed by atoms with Crippen LogP contribution in [0.1, 0.15) is 5.56 Å². The minimum atomic E-state index is -0.240. The molecule has 0 aliphatic heterocycles. The van der Waals surface area contributed by atoms with Crippen molar-refractivity contribution in [2.75, 3.05) is 27.7 Å². The van der Waals surface area contributed by atoms with Crippen molar-refractivity contribution in [2.24, 2.45) is 0 Å². The SMILES string of the molecule is CN(CC(=O)N(C)C)Cc1ccc(F)cc1. The second-order valence-electron chi connectivity index (χ2n) is 4.09. The maximum atomic E-state index is 12.7. The van der Waals surface area contributed by atoms with Crippen LogP contribution in [-0.2, 0) is 11.3 Å². The molecule has 1 amide bonds. The summed E-state index contributed by atoms with van der Waals surface area (Å²) >= 11 is 0. The Labute approximate surface area is 95.5 Å². The molecule has 0 fully saturated rings. The van der Waals surface area contributed by atoms with E-state index in [1.807, 2.05) is 11.9 Å². The van der Waals surface area contributed by atoms with E-state index in [0.717, 1.165) is 5.56 Å². The van der Waals surface area contributed by atoms with E-state index < -0.39 is 0 Å². The first kappa shape index (κ1) is 12.6. The number of amides is 1. The molecule has 16 heavy (non-hydrogen) atoms. The zero-order valence-corrected chi connectivity index (χ0v) is 9.90. The van der Waals surface area contributed by atoms with Gasteiger partial charge in [-0.2, -0.15) is 0 Å². The Morgan fingerprint density at radius 1 is 1.19 bits per heavy atom. The molecule has 1 rings (SSSR count). The monoisotopic (exact) mass is 224 g/mol. The van der Waals surface area contributed by atoms with E-state index in [1.165, 1.54) is 12.1 Å². The highest BCUT2D eigenvalue weighted by molar-refractivity contribution is 5.77. The highest BCUT2D eigenvalue weighted by Gasteiger charge is 2.08. The third kappa shape index (κ3) is 3.98. The van der Waals surface area contributed by atoms with E-state index in [9.17, 15) is 9.18 Å². The van der Waals surface area contributed by atoms with Crippen LogP contribution in [-0.4, -0.2) is 43.4 Å². The average Bonchev–Trinajstić information content (AvgIpc) is 2.21. The van der Waals surface area contributed by atoms with E-state index >= 15 is 0 Å². The quantitative estimate of drug-likeness (QED) is 0.770. The van der Waals surface area contributed by atoms with Gasteiger partial charge in [-0.3, -0.25) is 9.69 Å². The summed E-state index contributed by atoms with van der Waals surface area (Å²) in [6.45, 7) is 1.00. The van der Waals surface area contributed by atoms with Crippen LogP contribution in [0, 0.1) is 5.82 Å². The average molecular weight is 224 g/mol. The maximum Gasteiger partial charge on any atom is 0.236 e. The number of rotatable bonds is 4. The van der Waals surface area contributed by atoms with Gasteiger partial charge in [-0.15, -0.1) is 0 Å². The van der Waals surface area contributed by atoms with Gasteiger partial charge in [0.15, 0.2) is 0 Å². The molecule has 1 aromatic carbocycles. The lowest BCUT2D eigenvalue weighted by Crippen LogP contribution is -2.34. The maximum absolute atomic E-state index is 12.7. The van der Waals surface area contributed by atoms with Gasteiger partial charge in [0.25, 0.3) is 0 Å². The molecule has 0 bridgehead atoms. The van der Waals surface area contributed by atoms with E-state index in [1.54, 1.807) is 31.1 Å². The number of hydrogen-bond donors (Lipinski definition) is 0. The zero-order valence-electron chi connectivity index (χ0n) is 9.90. The summed E-state index contributed by atoms with van der Waals surface area (Å²) in [4.78, 5) is 14.9. The molecule has 0 aliphatic carbocycles. The Hall–Kier alpha value is -1.42. The minimum absolute atomic E-state index is 0.0598. The van der Waals surface area contributed by atoms with E-state index in [2.05, 4.69) is 0 Å². The van der Waals surface area contributed by atoms with Crippen LogP contribution in [0.3, 0.4) is 0 Å². The fourth-order valence-electron chi connectivity index (χ4n) is 1.33. The number of benzene rings is 1. The van der Waals surface area contributed by atoms with Crippen LogP contribution in [0.15, 0.2) is 24.3 Å². The fraction of sp³-hybridized carbons (Fsp3) is 0.417. The van der Waals surface area contributed by atoms with Gasteiger partial charge >= 0.3 is 0 Å². The number of halogens is 1. The van der Waals surface area contributed by atoms with Gasteiger partial charge in [0, 0.05) is 20.6 Å². The molecule has 88 valence electrons. The molecule has 1 aromatic rings. The van der Waals surface area contributed by atoms with Crippen molar-refractivity contribution < 1.29 is 9.18 Å². The van der Waals surface area contributed by atoms with Crippen molar-refractivity contribution in [3.8, 4) is 0 Å². The van der Waals surface area contributed by atoms with E-state index in [-0.39, 0.29) is 11.7 Å². The summed E-state index contributed by atoms with van der Waals surface area (Å²) < 4.78 is 12.7. The Morgan fingerprint density at radius 3 is 2.25 bits per heavy atom. The van der Waals surface area contributed by atoms with Gasteiger partial charge in [-0.25, -0.2) is 4.39 Å². The Morgan fingerprint density at radius 2 is 1.75 bits per heavy atom. The Balaban J connectivity index is 2.48. The molecule has 0 saturated carbocycles. The molecule has 0 saturated heterocycles. The van der Waals surface area contributed by atoms with Crippen LogP contribution in [0.25, 0.3) is 0 Å². The summed E-state index contributed by atoms with van der Waals surface area (Å²) in [5.74, 6) is -0.180. The molecule has 0 aromatic heterocycles. The smallest absolute Gasteiger partial charge is 0.236 e. The lowest BCUT2D eigenvalue weighted by atomic mass is 10.2. The zero-order chi connectivity index (χ0) is 12.1. The molecule has 0 heterocycles. The second-order valence-corrected chi connectivity index (χ2v) is 4.09. The highest BCUT2D eigenvalue weighted by Crippen LogP contribution is 2.05. The number of hydrogen-bond acceptors (Lipinski definition) is 2. The van der Waals surface area contributed by atoms with E-state index in [4.69, 9.17) is 0 Å². The van der Waals surface area contributed by atoms with Gasteiger partial charge in [0.2, 0.25) is 5.91 Å². The first-order valence-electron chi connectivity index (χ1n) is 5.12. The molecular formula is C12H17FN2O. The third-order valence-corrected chi connectivity index (χ3v) is 2.27. The van der Waals surface area contributed by atoms with Crippen molar-refractivity contribution in [2.45, 2.75) is 6.54 Å². The van der Waals surface area contributed by atoms with Crippen LogP contribution in [0.5, 0.6) is 0 Å². The first-order valence-corrected chi connectivity index (χ1v) is 5.12. The number of likely N-dealkylation sites (N-methyl/N-ethyl adjacent to an activating group) is 2. The lowest BCUT2D eigenvalue weighted by Gasteiger charge is -2.18. The van der Waals surface area contributed by atoms with Gasteiger partial charge in [0.1, 0.15) is 5.82 Å². The molecule has 0 spiro atoms. The number of nitrogens with zero attached hydrogens (tertiary/aromatic N) is 2. The van der Waals surface area contributed by atoms with Crippen LogP contribution in [0.4, 0.5) is 4.39 Å². The lowest BCUT2D eigenvalue weighted by molar-refractivity contribution is -0.129. The van der Waals surface area contributed by atoms with Crippen molar-refractivity contribution in [3.05, 3.63) is 35.6 Å². The summed E-state index contributed by atoms with van der Waals surface area (Å²) in [6.07, 6.45) is 0. The topological polar surface area (TPSA) is 23.6 Å². The minimum Gasteiger partial charge on any atom is -0.348 e. The van der Waals surface area contributed by atoms with Crippen molar-refractivity contribution in [1.29, 1.82) is 0 Å². The predicted molar refractivity (Wildman–Crippen MR) is 61.4 cm³/mol. The number of carbonyl (C=O) groups excluding carboxylic acids is 1. The molecule has 0 N–H and O–H groups in total. The molecule has 0 aliphatic rings. The Bertz CT molecular complexity index is 349.